The predicted octanol–water partition coefficient (Wildman–Crippen LogP) is 1.71. The van der Waals surface area contributed by atoms with Crippen LogP contribution >= 0.6 is 0 Å². The number of fused-ring (bicyclic) bond motifs is 1. The van der Waals surface area contributed by atoms with Crippen LogP contribution in [0.3, 0.4) is 0 Å². The molecular weight excluding hydrogens is 403 g/mol. The van der Waals surface area contributed by atoms with Crippen molar-refractivity contribution >= 4 is 28.4 Å². The van der Waals surface area contributed by atoms with Gasteiger partial charge in [0.15, 0.2) is 0 Å². The number of carbonyl (C=O) groups is 2. The third-order valence-corrected chi connectivity index (χ3v) is 5.31. The SMILES string of the molecule is COc1ccccc1N1C[C@H](C(=O)NCCn2cnc3ccc(F)cc3c2=O)CC1=O. The Morgan fingerprint density at radius 1 is 1.26 bits per heavy atom. The van der Waals surface area contributed by atoms with Gasteiger partial charge in [-0.2, -0.15) is 0 Å². The summed E-state index contributed by atoms with van der Waals surface area (Å²) >= 11 is 0. The van der Waals surface area contributed by atoms with Gasteiger partial charge in [-0.1, -0.05) is 12.1 Å². The van der Waals surface area contributed by atoms with E-state index in [2.05, 4.69) is 10.3 Å². The van der Waals surface area contributed by atoms with E-state index in [-0.39, 0.29) is 48.8 Å². The minimum atomic E-state index is -0.511. The lowest BCUT2D eigenvalue weighted by molar-refractivity contribution is -0.126. The molecule has 0 saturated carbocycles. The molecule has 0 aliphatic carbocycles. The van der Waals surface area contributed by atoms with Crippen molar-refractivity contribution in [2.24, 2.45) is 5.92 Å². The Morgan fingerprint density at radius 3 is 2.87 bits per heavy atom. The van der Waals surface area contributed by atoms with E-state index >= 15 is 0 Å². The average Bonchev–Trinajstić information content (AvgIpc) is 3.17. The highest BCUT2D eigenvalue weighted by atomic mass is 19.1. The number of methoxy groups -OCH3 is 1. The van der Waals surface area contributed by atoms with Crippen LogP contribution in [0.5, 0.6) is 5.75 Å². The van der Waals surface area contributed by atoms with Crippen LogP contribution in [0.1, 0.15) is 6.42 Å². The van der Waals surface area contributed by atoms with Crippen LogP contribution in [0.4, 0.5) is 10.1 Å². The normalized spacial score (nSPS) is 16.0. The Bertz CT molecular complexity index is 1210. The smallest absolute Gasteiger partial charge is 0.261 e. The summed E-state index contributed by atoms with van der Waals surface area (Å²) in [7, 11) is 1.53. The zero-order valence-corrected chi connectivity index (χ0v) is 16.9. The topological polar surface area (TPSA) is 93.5 Å². The van der Waals surface area contributed by atoms with Crippen molar-refractivity contribution in [3.63, 3.8) is 0 Å². The van der Waals surface area contributed by atoms with E-state index in [1.165, 1.54) is 30.1 Å². The number of nitrogens with zero attached hydrogens (tertiary/aromatic N) is 3. The zero-order chi connectivity index (χ0) is 22.0. The van der Waals surface area contributed by atoms with Gasteiger partial charge < -0.3 is 15.0 Å². The molecule has 3 aromatic rings. The molecule has 31 heavy (non-hydrogen) atoms. The maximum Gasteiger partial charge on any atom is 0.261 e. The number of carbonyl (C=O) groups excluding carboxylic acids is 2. The summed E-state index contributed by atoms with van der Waals surface area (Å²) < 4.78 is 20.1. The van der Waals surface area contributed by atoms with Gasteiger partial charge in [0.1, 0.15) is 11.6 Å². The van der Waals surface area contributed by atoms with E-state index in [0.29, 0.717) is 17.0 Å². The van der Waals surface area contributed by atoms with Crippen LogP contribution < -0.4 is 20.5 Å². The van der Waals surface area contributed by atoms with Gasteiger partial charge in [0.05, 0.1) is 35.9 Å². The zero-order valence-electron chi connectivity index (χ0n) is 16.9. The lowest BCUT2D eigenvalue weighted by atomic mass is 10.1. The van der Waals surface area contributed by atoms with Crippen molar-refractivity contribution in [3.8, 4) is 5.75 Å². The Hall–Kier alpha value is -3.75. The molecule has 2 heterocycles. The van der Waals surface area contributed by atoms with Gasteiger partial charge in [0.2, 0.25) is 11.8 Å². The second kappa shape index (κ2) is 8.55. The molecule has 1 atom stereocenters. The number of halogens is 1. The number of amides is 2. The van der Waals surface area contributed by atoms with E-state index in [9.17, 15) is 18.8 Å². The lowest BCUT2D eigenvalue weighted by Gasteiger charge is -2.19. The Balaban J connectivity index is 1.39. The molecule has 8 nitrogen and oxygen atoms in total. The van der Waals surface area contributed by atoms with Crippen molar-refractivity contribution in [2.75, 3.05) is 25.1 Å². The summed E-state index contributed by atoms with van der Waals surface area (Å²) in [6.07, 6.45) is 1.47. The predicted molar refractivity (Wildman–Crippen MR) is 112 cm³/mol. The van der Waals surface area contributed by atoms with E-state index in [4.69, 9.17) is 4.74 Å². The van der Waals surface area contributed by atoms with E-state index in [1.54, 1.807) is 23.1 Å². The van der Waals surface area contributed by atoms with Crippen molar-refractivity contribution in [3.05, 3.63) is 65.0 Å². The Labute approximate surface area is 177 Å². The highest BCUT2D eigenvalue weighted by Crippen LogP contribution is 2.32. The third kappa shape index (κ3) is 4.11. The molecule has 160 valence electrons. The Morgan fingerprint density at radius 2 is 2.06 bits per heavy atom. The van der Waals surface area contributed by atoms with Crippen LogP contribution in [0.2, 0.25) is 0 Å². The number of hydrogen-bond acceptors (Lipinski definition) is 5. The molecule has 0 bridgehead atoms. The van der Waals surface area contributed by atoms with Gasteiger partial charge in [-0.3, -0.25) is 19.0 Å². The van der Waals surface area contributed by atoms with Gasteiger partial charge >= 0.3 is 0 Å². The quantitative estimate of drug-likeness (QED) is 0.650. The molecule has 1 aromatic heterocycles. The van der Waals surface area contributed by atoms with Crippen LogP contribution in [0, 0.1) is 11.7 Å². The number of hydrogen-bond donors (Lipinski definition) is 1. The summed E-state index contributed by atoms with van der Waals surface area (Å²) in [6, 6.07) is 11.0. The molecule has 4 rings (SSSR count). The monoisotopic (exact) mass is 424 g/mol. The number of aromatic nitrogens is 2. The number of para-hydroxylation sites is 2. The van der Waals surface area contributed by atoms with Gasteiger partial charge in [-0.25, -0.2) is 9.37 Å². The second-order valence-electron chi connectivity index (χ2n) is 7.27. The molecule has 0 radical (unpaired) electrons. The molecule has 1 aliphatic rings. The average molecular weight is 424 g/mol. The van der Waals surface area contributed by atoms with Crippen LogP contribution in [-0.4, -0.2) is 41.6 Å². The Kier molecular flexibility index (Phi) is 5.66. The molecule has 2 aromatic carbocycles. The van der Waals surface area contributed by atoms with E-state index < -0.39 is 11.7 Å². The van der Waals surface area contributed by atoms with Crippen molar-refractivity contribution in [1.29, 1.82) is 0 Å². The van der Waals surface area contributed by atoms with Gasteiger partial charge in [0.25, 0.3) is 5.56 Å². The highest BCUT2D eigenvalue weighted by molar-refractivity contribution is 6.01. The largest absolute Gasteiger partial charge is 0.495 e. The highest BCUT2D eigenvalue weighted by Gasteiger charge is 2.36. The summed E-state index contributed by atoms with van der Waals surface area (Å²) in [6.45, 7) is 0.614. The molecule has 0 spiro atoms. The second-order valence-corrected chi connectivity index (χ2v) is 7.27. The molecule has 2 amide bonds. The maximum absolute atomic E-state index is 13.4. The molecule has 1 aliphatic heterocycles. The summed E-state index contributed by atoms with van der Waals surface area (Å²) in [5.41, 5.74) is 0.663. The number of ether oxygens (including phenoxy) is 1. The molecule has 1 saturated heterocycles. The summed E-state index contributed by atoms with van der Waals surface area (Å²) in [4.78, 5) is 43.2. The van der Waals surface area contributed by atoms with Gasteiger partial charge in [-0.05, 0) is 30.3 Å². The fraction of sp³-hybridized carbons (Fsp3) is 0.273. The van der Waals surface area contributed by atoms with E-state index in [0.717, 1.165) is 6.07 Å². The number of anilines is 1. The maximum atomic E-state index is 13.4. The first-order valence-electron chi connectivity index (χ1n) is 9.83. The van der Waals surface area contributed by atoms with Crippen molar-refractivity contribution < 1.29 is 18.7 Å². The van der Waals surface area contributed by atoms with Crippen LogP contribution in [-0.2, 0) is 16.1 Å². The number of nitrogens with one attached hydrogen (secondary N) is 1. The molecular formula is C22H21FN4O4. The first-order valence-corrected chi connectivity index (χ1v) is 9.83. The summed E-state index contributed by atoms with van der Waals surface area (Å²) in [5, 5.41) is 2.95. The third-order valence-electron chi connectivity index (χ3n) is 5.31. The molecule has 9 heteroatoms. The van der Waals surface area contributed by atoms with Gasteiger partial charge in [0, 0.05) is 26.1 Å². The standard InChI is InChI=1S/C22H21FN4O4/c1-31-19-5-3-2-4-18(19)27-12-14(10-20(27)28)21(29)24-8-9-26-13-25-17-7-6-15(23)11-16(17)22(26)30/h2-7,11,13-14H,8-10,12H2,1H3,(H,24,29)/t14-/m1/s1. The fourth-order valence-corrected chi connectivity index (χ4v) is 3.70. The van der Waals surface area contributed by atoms with Gasteiger partial charge in [-0.15, -0.1) is 0 Å². The van der Waals surface area contributed by atoms with Crippen molar-refractivity contribution in [2.45, 2.75) is 13.0 Å². The fourth-order valence-electron chi connectivity index (χ4n) is 3.70. The first kappa shape index (κ1) is 20.5. The number of benzene rings is 2. The van der Waals surface area contributed by atoms with E-state index in [1.807, 2.05) is 6.07 Å². The minimum Gasteiger partial charge on any atom is -0.495 e. The lowest BCUT2D eigenvalue weighted by Crippen LogP contribution is -2.36. The van der Waals surface area contributed by atoms with Crippen LogP contribution in [0.15, 0.2) is 53.6 Å². The molecule has 0 unspecified atom stereocenters. The van der Waals surface area contributed by atoms with Crippen molar-refractivity contribution in [1.82, 2.24) is 14.9 Å². The minimum absolute atomic E-state index is 0.0979. The molecule has 1 N–H and O–H groups in total. The van der Waals surface area contributed by atoms with Crippen LogP contribution in [0.25, 0.3) is 10.9 Å². The summed E-state index contributed by atoms with van der Waals surface area (Å²) in [5.74, 6) is -0.863. The molecule has 1 fully saturated rings. The number of rotatable bonds is 6. The first-order chi connectivity index (χ1) is 15.0.